The van der Waals surface area contributed by atoms with Crippen molar-refractivity contribution in [1.29, 1.82) is 0 Å². The van der Waals surface area contributed by atoms with Crippen LogP contribution in [0.15, 0.2) is 48.5 Å². The molecule has 0 atom stereocenters. The molecule has 1 amide bonds. The van der Waals surface area contributed by atoms with Crippen molar-refractivity contribution in [3.8, 4) is 11.5 Å². The van der Waals surface area contributed by atoms with Crippen LogP contribution in [0.3, 0.4) is 0 Å². The summed E-state index contributed by atoms with van der Waals surface area (Å²) in [6.07, 6.45) is 2.79. The van der Waals surface area contributed by atoms with Crippen LogP contribution in [-0.4, -0.2) is 38.9 Å². The van der Waals surface area contributed by atoms with Crippen molar-refractivity contribution in [2.24, 2.45) is 0 Å². The predicted octanol–water partition coefficient (Wildman–Crippen LogP) is 4.76. The van der Waals surface area contributed by atoms with Gasteiger partial charge in [-0.25, -0.2) is 0 Å². The van der Waals surface area contributed by atoms with Crippen molar-refractivity contribution in [2.45, 2.75) is 38.0 Å². The highest BCUT2D eigenvalue weighted by atomic mass is 35.5. The summed E-state index contributed by atoms with van der Waals surface area (Å²) in [6, 6.07) is 15.5. The van der Waals surface area contributed by atoms with Crippen LogP contribution >= 0.6 is 11.6 Å². The van der Waals surface area contributed by atoms with Crippen molar-refractivity contribution in [3.63, 3.8) is 0 Å². The van der Waals surface area contributed by atoms with Gasteiger partial charge in [-0.15, -0.1) is 0 Å². The number of rotatable bonds is 10. The Bertz CT molecular complexity index is 820. The van der Waals surface area contributed by atoms with E-state index >= 15 is 0 Å². The second-order valence-corrected chi connectivity index (χ2v) is 7.95. The standard InChI is InChI=1S/C24H30ClNO4/c1-2-29-21-9-3-4-10-22(21)30-14-6-11-23(27)26-18-24(12-15-28-16-13-24)19-7-5-8-20(25)17-19/h3-5,7-10,17H,2,6,11-16,18H2,1H3,(H,26,27). The van der Waals surface area contributed by atoms with Crippen molar-refractivity contribution in [3.05, 3.63) is 59.1 Å². The second kappa shape index (κ2) is 11.2. The summed E-state index contributed by atoms with van der Waals surface area (Å²) in [4.78, 5) is 12.5. The van der Waals surface area contributed by atoms with E-state index in [0.717, 1.165) is 24.2 Å². The van der Waals surface area contributed by atoms with Gasteiger partial charge in [-0.05, 0) is 56.0 Å². The quantitative estimate of drug-likeness (QED) is 0.551. The maximum Gasteiger partial charge on any atom is 0.220 e. The number of nitrogens with one attached hydrogen (secondary N) is 1. The molecule has 0 bridgehead atoms. The Morgan fingerprint density at radius 1 is 1.10 bits per heavy atom. The molecule has 0 radical (unpaired) electrons. The number of carbonyl (C=O) groups is 1. The maximum absolute atomic E-state index is 12.5. The van der Waals surface area contributed by atoms with E-state index in [1.54, 1.807) is 0 Å². The molecular formula is C24H30ClNO4. The van der Waals surface area contributed by atoms with Gasteiger partial charge in [-0.1, -0.05) is 35.9 Å². The zero-order valence-corrected chi connectivity index (χ0v) is 18.2. The van der Waals surface area contributed by atoms with Gasteiger partial charge in [-0.2, -0.15) is 0 Å². The predicted molar refractivity (Wildman–Crippen MR) is 119 cm³/mol. The molecule has 0 aromatic heterocycles. The number of benzene rings is 2. The minimum Gasteiger partial charge on any atom is -0.490 e. The average molecular weight is 432 g/mol. The number of ether oxygens (including phenoxy) is 3. The average Bonchev–Trinajstić information content (AvgIpc) is 2.77. The zero-order chi connectivity index (χ0) is 21.2. The first-order valence-corrected chi connectivity index (χ1v) is 11.0. The molecule has 0 aliphatic carbocycles. The Morgan fingerprint density at radius 2 is 1.83 bits per heavy atom. The normalized spacial score (nSPS) is 15.4. The molecule has 1 aliphatic rings. The fourth-order valence-electron chi connectivity index (χ4n) is 3.76. The fraction of sp³-hybridized carbons (Fsp3) is 0.458. The second-order valence-electron chi connectivity index (χ2n) is 7.51. The Hall–Kier alpha value is -2.24. The van der Waals surface area contributed by atoms with Gasteiger partial charge in [0.2, 0.25) is 5.91 Å². The van der Waals surface area contributed by atoms with Gasteiger partial charge in [-0.3, -0.25) is 4.79 Å². The fourth-order valence-corrected chi connectivity index (χ4v) is 3.95. The van der Waals surface area contributed by atoms with Gasteiger partial charge in [0.15, 0.2) is 11.5 Å². The van der Waals surface area contributed by atoms with E-state index in [1.165, 1.54) is 0 Å². The molecule has 30 heavy (non-hydrogen) atoms. The van der Waals surface area contributed by atoms with Crippen LogP contribution in [0.1, 0.15) is 38.2 Å². The molecule has 1 N–H and O–H groups in total. The van der Waals surface area contributed by atoms with Crippen LogP contribution < -0.4 is 14.8 Å². The lowest BCUT2D eigenvalue weighted by atomic mass is 9.74. The van der Waals surface area contributed by atoms with Crippen molar-refractivity contribution >= 4 is 17.5 Å². The van der Waals surface area contributed by atoms with E-state index in [2.05, 4.69) is 11.4 Å². The molecule has 0 spiro atoms. The lowest BCUT2D eigenvalue weighted by Crippen LogP contribution is -2.44. The molecule has 6 heteroatoms. The SMILES string of the molecule is CCOc1ccccc1OCCCC(=O)NCC1(c2cccc(Cl)c2)CCOCC1. The van der Waals surface area contributed by atoms with Crippen molar-refractivity contribution in [2.75, 3.05) is 33.0 Å². The third kappa shape index (κ3) is 6.13. The number of para-hydroxylation sites is 2. The first-order chi connectivity index (χ1) is 14.6. The van der Waals surface area contributed by atoms with Gasteiger partial charge < -0.3 is 19.5 Å². The number of amides is 1. The summed E-state index contributed by atoms with van der Waals surface area (Å²) in [6.45, 7) is 4.96. The molecule has 2 aromatic carbocycles. The zero-order valence-electron chi connectivity index (χ0n) is 17.5. The summed E-state index contributed by atoms with van der Waals surface area (Å²) in [5.74, 6) is 1.47. The lowest BCUT2D eigenvalue weighted by molar-refractivity contribution is -0.121. The van der Waals surface area contributed by atoms with E-state index in [9.17, 15) is 4.79 Å². The minimum atomic E-state index is -0.133. The molecule has 3 rings (SSSR count). The van der Waals surface area contributed by atoms with E-state index in [1.807, 2.05) is 49.4 Å². The minimum absolute atomic E-state index is 0.0320. The highest BCUT2D eigenvalue weighted by Gasteiger charge is 2.34. The highest BCUT2D eigenvalue weighted by molar-refractivity contribution is 6.30. The first kappa shape index (κ1) is 22.4. The topological polar surface area (TPSA) is 56.8 Å². The van der Waals surface area contributed by atoms with Crippen LogP contribution in [0.4, 0.5) is 0 Å². The summed E-state index contributed by atoms with van der Waals surface area (Å²) in [5, 5.41) is 3.84. The molecule has 1 heterocycles. The molecule has 5 nitrogen and oxygen atoms in total. The van der Waals surface area contributed by atoms with Crippen LogP contribution in [0.5, 0.6) is 11.5 Å². The van der Waals surface area contributed by atoms with Crippen LogP contribution in [0, 0.1) is 0 Å². The van der Waals surface area contributed by atoms with Crippen molar-refractivity contribution in [1.82, 2.24) is 5.32 Å². The van der Waals surface area contributed by atoms with Crippen LogP contribution in [0.25, 0.3) is 0 Å². The molecule has 0 saturated carbocycles. The third-order valence-corrected chi connectivity index (χ3v) is 5.70. The van der Waals surface area contributed by atoms with Gasteiger partial charge in [0.25, 0.3) is 0 Å². The van der Waals surface area contributed by atoms with Gasteiger partial charge in [0.05, 0.1) is 13.2 Å². The van der Waals surface area contributed by atoms with E-state index in [-0.39, 0.29) is 11.3 Å². The molecular weight excluding hydrogens is 402 g/mol. The maximum atomic E-state index is 12.5. The van der Waals surface area contributed by atoms with Gasteiger partial charge in [0, 0.05) is 36.6 Å². The lowest BCUT2D eigenvalue weighted by Gasteiger charge is -2.38. The third-order valence-electron chi connectivity index (χ3n) is 5.47. The summed E-state index contributed by atoms with van der Waals surface area (Å²) < 4.78 is 16.9. The van der Waals surface area contributed by atoms with Crippen LogP contribution in [0.2, 0.25) is 5.02 Å². The monoisotopic (exact) mass is 431 g/mol. The Balaban J connectivity index is 1.48. The number of halogens is 1. The highest BCUT2D eigenvalue weighted by Crippen LogP contribution is 2.35. The summed E-state index contributed by atoms with van der Waals surface area (Å²) >= 11 is 6.21. The summed E-state index contributed by atoms with van der Waals surface area (Å²) in [7, 11) is 0. The molecule has 1 fully saturated rings. The molecule has 2 aromatic rings. The molecule has 0 unspecified atom stereocenters. The largest absolute Gasteiger partial charge is 0.490 e. The molecule has 1 saturated heterocycles. The smallest absolute Gasteiger partial charge is 0.220 e. The van der Waals surface area contributed by atoms with E-state index < -0.39 is 0 Å². The van der Waals surface area contributed by atoms with E-state index in [0.29, 0.717) is 56.6 Å². The Labute approximate surface area is 183 Å². The Morgan fingerprint density at radius 3 is 2.53 bits per heavy atom. The number of hydrogen-bond acceptors (Lipinski definition) is 4. The number of carbonyl (C=O) groups excluding carboxylic acids is 1. The molecule has 162 valence electrons. The molecule has 1 aliphatic heterocycles. The van der Waals surface area contributed by atoms with Crippen LogP contribution in [-0.2, 0) is 14.9 Å². The summed E-state index contributed by atoms with van der Waals surface area (Å²) in [5.41, 5.74) is 1.03. The van der Waals surface area contributed by atoms with Crippen molar-refractivity contribution < 1.29 is 19.0 Å². The number of hydrogen-bond donors (Lipinski definition) is 1. The van der Waals surface area contributed by atoms with Gasteiger partial charge in [0.1, 0.15) is 0 Å². The Kier molecular flexibility index (Phi) is 8.40. The van der Waals surface area contributed by atoms with Gasteiger partial charge >= 0.3 is 0 Å². The first-order valence-electron chi connectivity index (χ1n) is 10.6. The van der Waals surface area contributed by atoms with E-state index in [4.69, 9.17) is 25.8 Å².